The number of rotatable bonds is 6. The average Bonchev–Trinajstić information content (AvgIpc) is 3.74. The quantitative estimate of drug-likeness (QED) is 0.208. The highest BCUT2D eigenvalue weighted by atomic mass is 32.1. The van der Waals surface area contributed by atoms with E-state index >= 15 is 0 Å². The molecule has 1 saturated carbocycles. The molecule has 0 atom stereocenters. The van der Waals surface area contributed by atoms with E-state index in [4.69, 9.17) is 0 Å². The molecule has 0 bridgehead atoms. The fraction of sp³-hybridized carbons (Fsp3) is 0.194. The van der Waals surface area contributed by atoms with Crippen LogP contribution in [0.3, 0.4) is 0 Å². The van der Waals surface area contributed by atoms with E-state index in [-0.39, 0.29) is 0 Å². The van der Waals surface area contributed by atoms with Gasteiger partial charge in [-0.15, -0.1) is 11.3 Å². The van der Waals surface area contributed by atoms with Crippen molar-refractivity contribution in [2.75, 3.05) is 5.32 Å². The van der Waals surface area contributed by atoms with Crippen LogP contribution in [-0.2, 0) is 0 Å². The number of hydrogen-bond acceptors (Lipinski definition) is 5. The van der Waals surface area contributed by atoms with E-state index in [2.05, 4.69) is 92.5 Å². The topological polar surface area (TPSA) is 82.3 Å². The maximum Gasteiger partial charge on any atom is 0.181 e. The number of anilines is 1. The minimum Gasteiger partial charge on any atom is -0.358 e. The predicted octanol–water partition coefficient (Wildman–Crippen LogP) is 8.32. The lowest BCUT2D eigenvalue weighted by molar-refractivity contribution is 0.649. The molecule has 7 rings (SSSR count). The number of allylic oxidation sites excluding steroid dienone is 1. The number of aromatic nitrogens is 5. The molecule has 38 heavy (non-hydrogen) atoms. The maximum atomic E-state index is 4.66. The molecule has 188 valence electrons. The normalized spacial score (nSPS) is 14.0. The Labute approximate surface area is 224 Å². The fourth-order valence-electron chi connectivity index (χ4n) is 5.57. The molecular weight excluding hydrogens is 488 g/mol. The monoisotopic (exact) mass is 516 g/mol. The largest absolute Gasteiger partial charge is 0.358 e. The van der Waals surface area contributed by atoms with E-state index in [1.165, 1.54) is 46.4 Å². The van der Waals surface area contributed by atoms with Gasteiger partial charge in [0.05, 0.1) is 23.3 Å². The van der Waals surface area contributed by atoms with Crippen LogP contribution in [0.1, 0.15) is 30.6 Å². The number of aromatic amines is 2. The summed E-state index contributed by atoms with van der Waals surface area (Å²) in [5.74, 6) is 0.547. The van der Waals surface area contributed by atoms with Crippen molar-refractivity contribution in [3.05, 3.63) is 84.3 Å². The summed E-state index contributed by atoms with van der Waals surface area (Å²) < 4.78 is 0. The van der Waals surface area contributed by atoms with Crippen LogP contribution in [0.25, 0.3) is 54.9 Å². The second-order valence-corrected chi connectivity index (χ2v) is 11.4. The van der Waals surface area contributed by atoms with Gasteiger partial charge < -0.3 is 10.3 Å². The molecule has 5 aromatic heterocycles. The summed E-state index contributed by atoms with van der Waals surface area (Å²) in [7, 11) is 0. The summed E-state index contributed by atoms with van der Waals surface area (Å²) in [6.07, 6.45) is 10.6. The van der Waals surface area contributed by atoms with E-state index in [1.54, 1.807) is 0 Å². The Balaban J connectivity index is 1.24. The minimum atomic E-state index is 0.547. The van der Waals surface area contributed by atoms with E-state index in [0.717, 1.165) is 44.8 Å². The van der Waals surface area contributed by atoms with Crippen molar-refractivity contribution in [1.82, 2.24) is 25.1 Å². The van der Waals surface area contributed by atoms with Crippen LogP contribution in [0.4, 0.5) is 5.69 Å². The first-order valence-corrected chi connectivity index (χ1v) is 13.9. The number of thiophene rings is 1. The Morgan fingerprint density at radius 3 is 2.71 bits per heavy atom. The van der Waals surface area contributed by atoms with Gasteiger partial charge in [0.15, 0.2) is 5.65 Å². The second-order valence-electron chi connectivity index (χ2n) is 10.1. The molecular formula is C31H28N6S. The van der Waals surface area contributed by atoms with Crippen LogP contribution < -0.4 is 5.32 Å². The van der Waals surface area contributed by atoms with Gasteiger partial charge in [-0.25, -0.2) is 4.98 Å². The summed E-state index contributed by atoms with van der Waals surface area (Å²) in [5.41, 5.74) is 8.98. The highest BCUT2D eigenvalue weighted by Crippen LogP contribution is 2.37. The summed E-state index contributed by atoms with van der Waals surface area (Å²) in [6, 6.07) is 17.2. The molecule has 0 aliphatic heterocycles. The van der Waals surface area contributed by atoms with Crippen LogP contribution in [0.5, 0.6) is 0 Å². The lowest BCUT2D eigenvalue weighted by Gasteiger charge is -2.15. The first-order valence-electron chi connectivity index (χ1n) is 13.1. The number of H-pyrrole nitrogens is 2. The van der Waals surface area contributed by atoms with E-state index < -0.39 is 0 Å². The zero-order chi connectivity index (χ0) is 25.6. The van der Waals surface area contributed by atoms with Gasteiger partial charge in [0, 0.05) is 60.8 Å². The highest BCUT2D eigenvalue weighted by molar-refractivity contribution is 7.15. The Bertz CT molecular complexity index is 1800. The Morgan fingerprint density at radius 1 is 1.00 bits per heavy atom. The second kappa shape index (κ2) is 9.26. The van der Waals surface area contributed by atoms with Crippen molar-refractivity contribution in [3.8, 4) is 33.0 Å². The predicted molar refractivity (Wildman–Crippen MR) is 157 cm³/mol. The van der Waals surface area contributed by atoms with Crippen molar-refractivity contribution >= 4 is 39.0 Å². The number of hydrogen-bond donors (Lipinski definition) is 3. The van der Waals surface area contributed by atoms with Crippen LogP contribution in [-0.4, -0.2) is 25.1 Å². The molecule has 0 radical (unpaired) electrons. The summed E-state index contributed by atoms with van der Waals surface area (Å²) >= 11 is 1.82. The molecule has 6 nitrogen and oxygen atoms in total. The minimum absolute atomic E-state index is 0.547. The number of nitrogens with zero attached hydrogens (tertiary/aromatic N) is 3. The third kappa shape index (κ3) is 4.09. The zero-order valence-corrected chi connectivity index (χ0v) is 22.0. The lowest BCUT2D eigenvalue weighted by Crippen LogP contribution is -2.07. The van der Waals surface area contributed by atoms with Crippen LogP contribution in [0, 0.1) is 12.8 Å². The molecule has 0 unspecified atom stereocenters. The Hall–Kier alpha value is -4.23. The Morgan fingerprint density at radius 2 is 1.87 bits per heavy atom. The van der Waals surface area contributed by atoms with Gasteiger partial charge in [0.25, 0.3) is 0 Å². The van der Waals surface area contributed by atoms with Gasteiger partial charge in [-0.05, 0) is 62.1 Å². The Kier molecular flexibility index (Phi) is 5.59. The van der Waals surface area contributed by atoms with Gasteiger partial charge in [-0.3, -0.25) is 10.1 Å². The van der Waals surface area contributed by atoms with E-state index in [9.17, 15) is 0 Å². The summed E-state index contributed by atoms with van der Waals surface area (Å²) in [6.45, 7) is 6.44. The molecule has 1 aromatic carbocycles. The smallest absolute Gasteiger partial charge is 0.181 e. The van der Waals surface area contributed by atoms with Gasteiger partial charge in [-0.1, -0.05) is 31.6 Å². The van der Waals surface area contributed by atoms with Crippen molar-refractivity contribution in [2.24, 2.45) is 5.92 Å². The SMILES string of the molecule is C=C(Nc1cncc(-c2cnc3n[nH]c(-c4cc5c(-c6ccc(C)s6)cccc5[nH]4)c3c2)c1)C1CCCC1. The third-order valence-corrected chi connectivity index (χ3v) is 8.61. The van der Waals surface area contributed by atoms with E-state index in [1.807, 2.05) is 29.9 Å². The van der Waals surface area contributed by atoms with Crippen LogP contribution >= 0.6 is 11.3 Å². The molecule has 1 aliphatic carbocycles. The van der Waals surface area contributed by atoms with Gasteiger partial charge in [-0.2, -0.15) is 5.10 Å². The van der Waals surface area contributed by atoms with Crippen LogP contribution in [0.2, 0.25) is 0 Å². The van der Waals surface area contributed by atoms with Gasteiger partial charge in [0.2, 0.25) is 0 Å². The number of pyridine rings is 2. The third-order valence-electron chi connectivity index (χ3n) is 7.57. The molecule has 0 spiro atoms. The zero-order valence-electron chi connectivity index (χ0n) is 21.2. The van der Waals surface area contributed by atoms with Gasteiger partial charge in [0.1, 0.15) is 0 Å². The van der Waals surface area contributed by atoms with Crippen LogP contribution in [0.15, 0.2) is 79.4 Å². The molecule has 3 N–H and O–H groups in total. The first kappa shape index (κ1) is 22.9. The number of nitrogens with one attached hydrogen (secondary N) is 3. The average molecular weight is 517 g/mol. The van der Waals surface area contributed by atoms with E-state index in [0.29, 0.717) is 11.6 Å². The molecule has 1 aliphatic rings. The van der Waals surface area contributed by atoms with Crippen molar-refractivity contribution in [1.29, 1.82) is 0 Å². The van der Waals surface area contributed by atoms with Gasteiger partial charge >= 0.3 is 0 Å². The summed E-state index contributed by atoms with van der Waals surface area (Å²) in [4.78, 5) is 15.3. The number of fused-ring (bicyclic) bond motifs is 2. The number of benzene rings is 1. The molecule has 0 amide bonds. The number of aryl methyl sites for hydroxylation is 1. The fourth-order valence-corrected chi connectivity index (χ4v) is 6.48. The molecule has 0 saturated heterocycles. The standard InChI is InChI=1S/C31H28N6S/c1-18-10-11-29(38-18)24-8-5-9-27-25(24)14-28(35-27)30-26-13-22(16-33-31(26)37-36-30)21-12-23(17-32-15-21)34-19(2)20-6-3-4-7-20/h5,8-17,20,34-35H,2-4,6-7H2,1H3,(H,33,36,37). The highest BCUT2D eigenvalue weighted by Gasteiger charge is 2.19. The van der Waals surface area contributed by atoms with Crippen molar-refractivity contribution < 1.29 is 0 Å². The molecule has 5 heterocycles. The molecule has 7 heteroatoms. The van der Waals surface area contributed by atoms with Crippen molar-refractivity contribution in [2.45, 2.75) is 32.6 Å². The molecule has 1 fully saturated rings. The van der Waals surface area contributed by atoms with Crippen molar-refractivity contribution in [3.63, 3.8) is 0 Å². The first-order chi connectivity index (χ1) is 18.6. The molecule has 6 aromatic rings. The lowest BCUT2D eigenvalue weighted by atomic mass is 10.0. The summed E-state index contributed by atoms with van der Waals surface area (Å²) in [5, 5.41) is 13.4. The maximum absolute atomic E-state index is 4.66.